The lowest BCUT2D eigenvalue weighted by Crippen LogP contribution is -2.00. The minimum absolute atomic E-state index is 0.570. The summed E-state index contributed by atoms with van der Waals surface area (Å²) in [5.41, 5.74) is 8.95. The molecule has 0 aliphatic rings. The Morgan fingerprint density at radius 2 is 0.877 bits per heavy atom. The van der Waals surface area contributed by atoms with Crippen molar-refractivity contribution in [1.82, 2.24) is 15.0 Å². The van der Waals surface area contributed by atoms with Gasteiger partial charge >= 0.3 is 0 Å². The van der Waals surface area contributed by atoms with Crippen molar-refractivity contribution in [3.05, 3.63) is 176 Å². The van der Waals surface area contributed by atoms with Crippen LogP contribution in [0.15, 0.2) is 180 Å². The molecule has 0 unspecified atom stereocenters. The molecule has 0 amide bonds. The van der Waals surface area contributed by atoms with Crippen LogP contribution in [0.5, 0.6) is 0 Å². The van der Waals surface area contributed by atoms with Gasteiger partial charge in [0, 0.05) is 73.4 Å². The van der Waals surface area contributed by atoms with Gasteiger partial charge in [0.05, 0.1) is 5.56 Å². The average Bonchev–Trinajstić information content (AvgIpc) is 3.98. The number of nitrogens with zero attached hydrogens (tertiary/aromatic N) is 3. The molecule has 8 aromatic carbocycles. The third-order valence-corrected chi connectivity index (χ3v) is 13.3. The van der Waals surface area contributed by atoms with E-state index in [0.717, 1.165) is 49.8 Å². The van der Waals surface area contributed by atoms with Gasteiger partial charge in [0.2, 0.25) is 0 Å². The molecule has 0 spiro atoms. The van der Waals surface area contributed by atoms with Crippen LogP contribution in [0, 0.1) is 0 Å². The van der Waals surface area contributed by atoms with Gasteiger partial charge in [-0.25, -0.2) is 15.0 Å². The highest BCUT2D eigenvalue weighted by Gasteiger charge is 2.22. The number of rotatable bonds is 5. The summed E-state index contributed by atoms with van der Waals surface area (Å²) in [7, 11) is 0. The van der Waals surface area contributed by atoms with Crippen LogP contribution in [0.4, 0.5) is 0 Å². The smallest absolute Gasteiger partial charge is 0.167 e. The van der Waals surface area contributed by atoms with Crippen molar-refractivity contribution in [2.45, 2.75) is 0 Å². The van der Waals surface area contributed by atoms with E-state index in [-0.39, 0.29) is 0 Å². The van der Waals surface area contributed by atoms with E-state index in [9.17, 15) is 0 Å². The SMILES string of the molecule is c1ccc(-c2nc(-c3ccccc3)nc(-c3cccc4c3oc3c(-c5ccc(-c6ccc7sc8ccccc8c7c6)c6c5sc5ccccc56)cccc34)n2)cc1. The first-order chi connectivity index (χ1) is 28.2. The lowest BCUT2D eigenvalue weighted by molar-refractivity contribution is 0.670. The number of fused-ring (bicyclic) bond motifs is 9. The van der Waals surface area contributed by atoms with E-state index in [1.54, 1.807) is 0 Å². The molecule has 0 aliphatic heterocycles. The van der Waals surface area contributed by atoms with E-state index < -0.39 is 0 Å². The van der Waals surface area contributed by atoms with Gasteiger partial charge < -0.3 is 4.42 Å². The second kappa shape index (κ2) is 12.8. The third kappa shape index (κ3) is 5.15. The first-order valence-corrected chi connectivity index (χ1v) is 20.6. The number of hydrogen-bond acceptors (Lipinski definition) is 6. The standard InChI is InChI=1S/C51H29N3OS2/c1-3-13-30(14-4-1)49-52-50(31-15-5-2-6-16-31)54-51(53-49)40-22-12-20-36-35-19-11-21-37(46(35)55-47(36)40)38-27-26-33(45-39-18-8-10-24-43(39)57-48(38)45)32-25-28-44-41(29-32)34-17-7-9-23-42(34)56-44/h1-29H. The van der Waals surface area contributed by atoms with Crippen molar-refractivity contribution in [3.63, 3.8) is 0 Å². The van der Waals surface area contributed by atoms with Crippen LogP contribution in [0.2, 0.25) is 0 Å². The van der Waals surface area contributed by atoms with Crippen LogP contribution in [0.1, 0.15) is 0 Å². The molecule has 0 bridgehead atoms. The highest BCUT2D eigenvalue weighted by Crippen LogP contribution is 2.48. The maximum atomic E-state index is 7.04. The van der Waals surface area contributed by atoms with Gasteiger partial charge in [0.25, 0.3) is 0 Å². The van der Waals surface area contributed by atoms with Crippen molar-refractivity contribution in [2.24, 2.45) is 0 Å². The Morgan fingerprint density at radius 3 is 1.60 bits per heavy atom. The molecule has 12 aromatic rings. The number of aromatic nitrogens is 3. The zero-order chi connectivity index (χ0) is 37.5. The molecule has 0 aliphatic carbocycles. The topological polar surface area (TPSA) is 51.8 Å². The second-order valence-corrected chi connectivity index (χ2v) is 16.4. The van der Waals surface area contributed by atoms with Gasteiger partial charge in [-0.1, -0.05) is 146 Å². The van der Waals surface area contributed by atoms with Crippen molar-refractivity contribution in [2.75, 3.05) is 0 Å². The van der Waals surface area contributed by atoms with Gasteiger partial charge in [0.1, 0.15) is 11.2 Å². The van der Waals surface area contributed by atoms with Gasteiger partial charge in [0.15, 0.2) is 17.5 Å². The van der Waals surface area contributed by atoms with Gasteiger partial charge in [-0.2, -0.15) is 0 Å². The number of furan rings is 1. The van der Waals surface area contributed by atoms with E-state index in [2.05, 4.69) is 115 Å². The molecule has 0 radical (unpaired) electrons. The Labute approximate surface area is 335 Å². The predicted molar refractivity (Wildman–Crippen MR) is 240 cm³/mol. The van der Waals surface area contributed by atoms with Gasteiger partial charge in [-0.15, -0.1) is 22.7 Å². The van der Waals surface area contributed by atoms with E-state index in [1.165, 1.54) is 51.5 Å². The molecular formula is C51H29N3OS2. The van der Waals surface area contributed by atoms with Crippen LogP contribution >= 0.6 is 22.7 Å². The van der Waals surface area contributed by atoms with Crippen LogP contribution in [0.25, 0.3) is 119 Å². The summed E-state index contributed by atoms with van der Waals surface area (Å²) in [5.74, 6) is 1.80. The molecule has 57 heavy (non-hydrogen) atoms. The first kappa shape index (κ1) is 32.3. The lowest BCUT2D eigenvalue weighted by atomic mass is 9.93. The Balaban J connectivity index is 1.07. The fourth-order valence-corrected chi connectivity index (χ4v) is 10.7. The van der Waals surface area contributed by atoms with E-state index >= 15 is 0 Å². The molecule has 4 nitrogen and oxygen atoms in total. The molecular weight excluding hydrogens is 735 g/mol. The molecule has 0 N–H and O–H groups in total. The van der Waals surface area contributed by atoms with E-state index in [0.29, 0.717) is 17.5 Å². The molecule has 12 rings (SSSR count). The number of hydrogen-bond donors (Lipinski definition) is 0. The molecule has 0 saturated heterocycles. The Kier molecular flexibility index (Phi) is 7.24. The van der Waals surface area contributed by atoms with Crippen molar-refractivity contribution in [1.29, 1.82) is 0 Å². The normalized spacial score (nSPS) is 11.9. The van der Waals surface area contributed by atoms with Crippen LogP contribution < -0.4 is 0 Å². The Hall–Kier alpha value is -6.99. The zero-order valence-corrected chi connectivity index (χ0v) is 31.9. The molecule has 0 fully saturated rings. The summed E-state index contributed by atoms with van der Waals surface area (Å²) < 4.78 is 12.2. The monoisotopic (exact) mass is 763 g/mol. The zero-order valence-electron chi connectivity index (χ0n) is 30.3. The lowest BCUT2D eigenvalue weighted by Gasteiger charge is -2.10. The van der Waals surface area contributed by atoms with Gasteiger partial charge in [-0.05, 0) is 41.5 Å². The van der Waals surface area contributed by atoms with Crippen LogP contribution in [-0.2, 0) is 0 Å². The first-order valence-electron chi connectivity index (χ1n) is 18.9. The maximum absolute atomic E-state index is 7.04. The summed E-state index contributed by atoms with van der Waals surface area (Å²) in [6.45, 7) is 0. The van der Waals surface area contributed by atoms with Crippen LogP contribution in [-0.4, -0.2) is 15.0 Å². The summed E-state index contributed by atoms with van der Waals surface area (Å²) in [4.78, 5) is 15.0. The predicted octanol–water partition coefficient (Wildman–Crippen LogP) is 14.8. The molecule has 6 heteroatoms. The number of para-hydroxylation sites is 2. The number of benzene rings is 8. The summed E-state index contributed by atoms with van der Waals surface area (Å²) >= 11 is 3.70. The van der Waals surface area contributed by atoms with Crippen molar-refractivity contribution >= 4 is 85.0 Å². The average molecular weight is 764 g/mol. The molecule has 4 heterocycles. The van der Waals surface area contributed by atoms with Crippen molar-refractivity contribution < 1.29 is 4.42 Å². The highest BCUT2D eigenvalue weighted by atomic mass is 32.1. The molecule has 0 saturated carbocycles. The summed E-state index contributed by atoms with van der Waals surface area (Å²) in [6, 6.07) is 61.9. The quantitative estimate of drug-likeness (QED) is 0.175. The van der Waals surface area contributed by atoms with Crippen LogP contribution in [0.3, 0.4) is 0 Å². The second-order valence-electron chi connectivity index (χ2n) is 14.3. The third-order valence-electron chi connectivity index (χ3n) is 11.0. The fourth-order valence-electron chi connectivity index (χ4n) is 8.31. The van der Waals surface area contributed by atoms with Crippen molar-refractivity contribution in [3.8, 4) is 56.4 Å². The maximum Gasteiger partial charge on any atom is 0.167 e. The van der Waals surface area contributed by atoms with E-state index in [1.807, 2.05) is 83.3 Å². The summed E-state index contributed by atoms with van der Waals surface area (Å²) in [6.07, 6.45) is 0. The van der Waals surface area contributed by atoms with E-state index in [4.69, 9.17) is 19.4 Å². The summed E-state index contributed by atoms with van der Waals surface area (Å²) in [5, 5.41) is 7.22. The molecule has 4 aromatic heterocycles. The van der Waals surface area contributed by atoms with Gasteiger partial charge in [-0.3, -0.25) is 0 Å². The number of thiophene rings is 2. The highest BCUT2D eigenvalue weighted by molar-refractivity contribution is 7.26. The minimum atomic E-state index is 0.570. The Morgan fingerprint density at radius 1 is 0.333 bits per heavy atom. The molecule has 0 atom stereocenters. The Bertz CT molecular complexity index is 3470. The molecule has 266 valence electrons. The minimum Gasteiger partial charge on any atom is -0.455 e. The largest absolute Gasteiger partial charge is 0.455 e. The fraction of sp³-hybridized carbons (Fsp3) is 0.